The Bertz CT molecular complexity index is 1550. The molecule has 17 heteroatoms. The third-order valence-electron chi connectivity index (χ3n) is 13.3. The van der Waals surface area contributed by atoms with Crippen LogP contribution in [0, 0.1) is 28.6 Å². The molecule has 316 valence electrons. The van der Waals surface area contributed by atoms with Gasteiger partial charge in [-0.3, -0.25) is 28.8 Å². The van der Waals surface area contributed by atoms with Gasteiger partial charge in [0.05, 0.1) is 34.9 Å². The van der Waals surface area contributed by atoms with Gasteiger partial charge in [0, 0.05) is 65.7 Å². The van der Waals surface area contributed by atoms with Crippen molar-refractivity contribution in [3.05, 3.63) is 0 Å². The largest absolute Gasteiger partial charge is 0.465 e. The lowest BCUT2D eigenvalue weighted by Crippen LogP contribution is -2.77. The summed E-state index contributed by atoms with van der Waals surface area (Å²) in [4.78, 5) is 75.2. The lowest BCUT2D eigenvalue weighted by molar-refractivity contribution is -0.345. The van der Waals surface area contributed by atoms with Crippen molar-refractivity contribution in [1.29, 1.82) is 0 Å². The highest BCUT2D eigenvalue weighted by molar-refractivity contribution is 5.69. The van der Waals surface area contributed by atoms with Crippen molar-refractivity contribution in [3.63, 3.8) is 0 Å². The lowest BCUT2D eigenvalue weighted by Gasteiger charge is -2.69. The van der Waals surface area contributed by atoms with E-state index in [4.69, 9.17) is 37.9 Å². The molecule has 3 N–H and O–H groups in total. The standard InChI is InChI=1S/C39H58O17/c1-18(40)27-11-13-39(48)28-10-12-37(47)15-26(56-35-34(55-25(8)46)33(54-24(7)45)32(19(2)50-35)53-23(6)44)14-30(52-22(5)43)38(37,17-49-20(3)41)31(28)29(51-21(4)42)16-36(27,39)9/h18-19,26-35,40,47-48H,10-17H2,1-9H3/t18-,19+,26+,27-,28-,29-,30-,31-,32+,33-,34-,35+,36-,37+,38-,39+/m1/s1. The Labute approximate surface area is 326 Å². The number of esters is 6. The monoisotopic (exact) mass is 798 g/mol. The van der Waals surface area contributed by atoms with Crippen LogP contribution in [0.15, 0.2) is 0 Å². The molecule has 1 heterocycles. The first-order chi connectivity index (χ1) is 26.0. The molecule has 16 atom stereocenters. The predicted molar refractivity (Wildman–Crippen MR) is 189 cm³/mol. The van der Waals surface area contributed by atoms with E-state index in [1.54, 1.807) is 13.8 Å². The molecule has 0 spiro atoms. The normalized spacial score (nSPS) is 43.4. The smallest absolute Gasteiger partial charge is 0.303 e. The van der Waals surface area contributed by atoms with Crippen LogP contribution in [0.4, 0.5) is 0 Å². The molecule has 5 rings (SSSR count). The van der Waals surface area contributed by atoms with E-state index in [2.05, 4.69) is 0 Å². The van der Waals surface area contributed by atoms with E-state index in [-0.39, 0.29) is 38.0 Å². The second-order valence-corrected chi connectivity index (χ2v) is 16.8. The van der Waals surface area contributed by atoms with Crippen LogP contribution in [0.5, 0.6) is 0 Å². The molecule has 5 fully saturated rings. The van der Waals surface area contributed by atoms with Gasteiger partial charge in [0.15, 0.2) is 24.6 Å². The minimum Gasteiger partial charge on any atom is -0.465 e. The summed E-state index contributed by atoms with van der Waals surface area (Å²) >= 11 is 0. The Morgan fingerprint density at radius 1 is 0.750 bits per heavy atom. The van der Waals surface area contributed by atoms with Crippen LogP contribution in [0.25, 0.3) is 0 Å². The van der Waals surface area contributed by atoms with Crippen LogP contribution >= 0.6 is 0 Å². The first-order valence-electron chi connectivity index (χ1n) is 19.4. The van der Waals surface area contributed by atoms with Crippen molar-refractivity contribution in [1.82, 2.24) is 0 Å². The van der Waals surface area contributed by atoms with Gasteiger partial charge in [0.25, 0.3) is 0 Å². The quantitative estimate of drug-likeness (QED) is 0.162. The molecule has 0 bridgehead atoms. The second-order valence-electron chi connectivity index (χ2n) is 16.8. The maximum absolute atomic E-state index is 13.2. The van der Waals surface area contributed by atoms with Crippen LogP contribution in [0.3, 0.4) is 0 Å². The average Bonchev–Trinajstić information content (AvgIpc) is 3.33. The summed E-state index contributed by atoms with van der Waals surface area (Å²) in [5, 5.41) is 36.9. The van der Waals surface area contributed by atoms with Crippen molar-refractivity contribution in [2.75, 3.05) is 6.61 Å². The van der Waals surface area contributed by atoms with Crippen LogP contribution in [0.1, 0.15) is 107 Å². The molecule has 4 aliphatic carbocycles. The lowest BCUT2D eigenvalue weighted by atomic mass is 9.40. The number of rotatable bonds is 10. The van der Waals surface area contributed by atoms with Gasteiger partial charge in [-0.25, -0.2) is 0 Å². The zero-order valence-corrected chi connectivity index (χ0v) is 33.6. The minimum absolute atomic E-state index is 0.00250. The van der Waals surface area contributed by atoms with E-state index >= 15 is 0 Å². The van der Waals surface area contributed by atoms with Crippen molar-refractivity contribution >= 4 is 35.8 Å². The molecule has 56 heavy (non-hydrogen) atoms. The van der Waals surface area contributed by atoms with Crippen LogP contribution in [-0.4, -0.2) is 124 Å². The topological polar surface area (TPSA) is 237 Å². The van der Waals surface area contributed by atoms with Crippen molar-refractivity contribution < 1.29 is 82.0 Å². The Balaban J connectivity index is 1.61. The molecule has 5 aliphatic rings. The zero-order chi connectivity index (χ0) is 41.7. The van der Waals surface area contributed by atoms with Crippen molar-refractivity contribution in [2.45, 2.75) is 174 Å². The molecule has 1 saturated heterocycles. The zero-order valence-electron chi connectivity index (χ0n) is 33.6. The van der Waals surface area contributed by atoms with E-state index < -0.39 is 131 Å². The van der Waals surface area contributed by atoms with E-state index in [0.29, 0.717) is 12.8 Å². The summed E-state index contributed by atoms with van der Waals surface area (Å²) in [7, 11) is 0. The summed E-state index contributed by atoms with van der Waals surface area (Å²) in [5.74, 6) is -6.23. The van der Waals surface area contributed by atoms with Gasteiger partial charge in [0.1, 0.15) is 18.8 Å². The summed E-state index contributed by atoms with van der Waals surface area (Å²) in [5.41, 5.74) is -5.86. The maximum atomic E-state index is 13.2. The van der Waals surface area contributed by atoms with E-state index in [1.807, 2.05) is 6.92 Å². The Morgan fingerprint density at radius 2 is 1.32 bits per heavy atom. The van der Waals surface area contributed by atoms with Gasteiger partial charge in [-0.1, -0.05) is 6.92 Å². The number of carbonyl (C=O) groups is 6. The molecule has 0 radical (unpaired) electrons. The molecule has 0 unspecified atom stereocenters. The molecule has 0 amide bonds. The Morgan fingerprint density at radius 3 is 1.88 bits per heavy atom. The maximum Gasteiger partial charge on any atom is 0.303 e. The molecular weight excluding hydrogens is 740 g/mol. The number of aliphatic hydroxyl groups excluding tert-OH is 1. The summed E-state index contributed by atoms with van der Waals surface area (Å²) < 4.78 is 47.1. The van der Waals surface area contributed by atoms with Gasteiger partial charge < -0.3 is 53.2 Å². The first-order valence-corrected chi connectivity index (χ1v) is 19.4. The molecule has 17 nitrogen and oxygen atoms in total. The van der Waals surface area contributed by atoms with E-state index in [0.717, 1.165) is 20.8 Å². The number of hydrogen-bond donors (Lipinski definition) is 3. The fraction of sp³-hybridized carbons (Fsp3) is 0.846. The Kier molecular flexibility index (Phi) is 12.6. The van der Waals surface area contributed by atoms with Crippen LogP contribution < -0.4 is 0 Å². The molecule has 0 aromatic carbocycles. The average molecular weight is 799 g/mol. The first kappa shape index (κ1) is 43.7. The number of aliphatic hydroxyl groups is 3. The van der Waals surface area contributed by atoms with Crippen LogP contribution in [0.2, 0.25) is 0 Å². The third kappa shape index (κ3) is 7.77. The fourth-order valence-corrected chi connectivity index (χ4v) is 11.5. The van der Waals surface area contributed by atoms with Crippen molar-refractivity contribution in [2.24, 2.45) is 28.6 Å². The minimum atomic E-state index is -1.87. The van der Waals surface area contributed by atoms with Gasteiger partial charge in [-0.2, -0.15) is 0 Å². The number of carbonyl (C=O) groups excluding carboxylic acids is 6. The third-order valence-corrected chi connectivity index (χ3v) is 13.3. The summed E-state index contributed by atoms with van der Waals surface area (Å²) in [6, 6.07) is 0. The predicted octanol–water partition coefficient (Wildman–Crippen LogP) is 1.81. The molecule has 0 aromatic rings. The van der Waals surface area contributed by atoms with Gasteiger partial charge in [0.2, 0.25) is 0 Å². The van der Waals surface area contributed by atoms with Gasteiger partial charge >= 0.3 is 35.8 Å². The highest BCUT2D eigenvalue weighted by Gasteiger charge is 2.77. The molecule has 4 saturated carbocycles. The number of hydrogen-bond acceptors (Lipinski definition) is 17. The van der Waals surface area contributed by atoms with E-state index in [1.165, 1.54) is 20.8 Å². The highest BCUT2D eigenvalue weighted by Crippen LogP contribution is 2.71. The second kappa shape index (κ2) is 16.1. The van der Waals surface area contributed by atoms with Gasteiger partial charge in [-0.15, -0.1) is 0 Å². The molecule has 1 aliphatic heterocycles. The SMILES string of the molecule is CC(=O)OC[C@@]12[C@@H]3[C@@H](CC[C@]1(O)C[C@@H](O[C@@H]1O[C@@H](C)[C@H](OC(C)=O)[C@@H](OC(C)=O)[C@H]1OC(C)=O)C[C@H]2OC(C)=O)[C@@]1(O)CC[C@H]([C@@H](C)O)[C@@]1(C)C[C@H]3OC(C)=O. The fourth-order valence-electron chi connectivity index (χ4n) is 11.5. The number of fused-ring (bicyclic) bond motifs is 5. The summed E-state index contributed by atoms with van der Waals surface area (Å²) in [6.07, 6.45) is -9.67. The van der Waals surface area contributed by atoms with Crippen molar-refractivity contribution in [3.8, 4) is 0 Å². The van der Waals surface area contributed by atoms with E-state index in [9.17, 15) is 44.1 Å². The molecular formula is C39H58O17. The van der Waals surface area contributed by atoms with Crippen LogP contribution in [-0.2, 0) is 66.7 Å². The highest BCUT2D eigenvalue weighted by atomic mass is 16.7. The summed E-state index contributed by atoms with van der Waals surface area (Å²) in [6.45, 7) is 11.7. The van der Waals surface area contributed by atoms with Gasteiger partial charge in [-0.05, 0) is 57.8 Å². The number of ether oxygens (including phenoxy) is 8. The Hall–Kier alpha value is -3.38. The molecule has 0 aromatic heterocycles.